The maximum atomic E-state index is 12.0. The molecule has 1 aromatic heterocycles. The number of benzene rings is 1. The Kier molecular flexibility index (Phi) is 5.36. The van der Waals surface area contributed by atoms with Gasteiger partial charge in [-0.05, 0) is 0 Å². The molecule has 23 heavy (non-hydrogen) atoms. The van der Waals surface area contributed by atoms with Crippen LogP contribution in [0, 0.1) is 10.1 Å². The summed E-state index contributed by atoms with van der Waals surface area (Å²) in [5.41, 5.74) is 0.706. The fourth-order valence-corrected chi connectivity index (χ4v) is 2.57. The number of nitrogens with zero attached hydrogens (tertiary/aromatic N) is 2. The van der Waals surface area contributed by atoms with Crippen molar-refractivity contribution in [3.63, 3.8) is 0 Å². The number of para-hydroxylation sites is 1. The van der Waals surface area contributed by atoms with E-state index < -0.39 is 16.8 Å². The highest BCUT2D eigenvalue weighted by molar-refractivity contribution is 7.13. The Morgan fingerprint density at radius 3 is 2.78 bits per heavy atom. The van der Waals surface area contributed by atoms with E-state index in [0.717, 1.165) is 0 Å². The molecular weight excluding hydrogens is 322 g/mol. The molecule has 0 aliphatic heterocycles. The summed E-state index contributed by atoms with van der Waals surface area (Å²) in [4.78, 5) is 37.6. The number of methoxy groups -OCH3 is 1. The van der Waals surface area contributed by atoms with Crippen molar-refractivity contribution < 1.29 is 19.2 Å². The number of hydrogen-bond acceptors (Lipinski definition) is 7. The summed E-state index contributed by atoms with van der Waals surface area (Å²) in [6.07, 6.45) is -0.115. The van der Waals surface area contributed by atoms with Gasteiger partial charge in [0.05, 0.1) is 30.6 Å². The fraction of sp³-hybridized carbons (Fsp3) is 0.214. The number of esters is 1. The zero-order chi connectivity index (χ0) is 16.8. The molecule has 0 aliphatic carbocycles. The van der Waals surface area contributed by atoms with E-state index in [2.05, 4.69) is 15.0 Å². The number of rotatable bonds is 6. The third kappa shape index (κ3) is 4.58. The lowest BCUT2D eigenvalue weighted by Crippen LogP contribution is -2.15. The van der Waals surface area contributed by atoms with Crippen LogP contribution in [0.5, 0.6) is 0 Å². The molecule has 2 rings (SSSR count). The summed E-state index contributed by atoms with van der Waals surface area (Å²) in [6, 6.07) is 6.05. The minimum absolute atomic E-state index is 0.0209. The molecule has 120 valence electrons. The normalized spacial score (nSPS) is 10.1. The number of ether oxygens (including phenoxy) is 1. The third-order valence-corrected chi connectivity index (χ3v) is 3.70. The highest BCUT2D eigenvalue weighted by atomic mass is 32.1. The van der Waals surface area contributed by atoms with Gasteiger partial charge in [-0.1, -0.05) is 18.2 Å². The molecule has 0 atom stereocenters. The Morgan fingerprint density at radius 1 is 1.35 bits per heavy atom. The monoisotopic (exact) mass is 335 g/mol. The Balaban J connectivity index is 2.00. The average Bonchev–Trinajstić information content (AvgIpc) is 2.94. The molecule has 1 N–H and O–H groups in total. The quantitative estimate of drug-likeness (QED) is 0.490. The summed E-state index contributed by atoms with van der Waals surface area (Å²) in [5.74, 6) is -0.841. The van der Waals surface area contributed by atoms with Crippen molar-refractivity contribution in [1.29, 1.82) is 0 Å². The molecule has 0 aliphatic rings. The Bertz CT molecular complexity index is 744. The number of carbonyl (C=O) groups excluding carboxylic acids is 2. The van der Waals surface area contributed by atoms with Gasteiger partial charge in [0.1, 0.15) is 0 Å². The molecule has 0 unspecified atom stereocenters. The van der Waals surface area contributed by atoms with Crippen molar-refractivity contribution in [2.45, 2.75) is 12.8 Å². The van der Waals surface area contributed by atoms with E-state index in [0.29, 0.717) is 16.4 Å². The first-order chi connectivity index (χ1) is 11.0. The number of nitro benzene ring substituents is 1. The van der Waals surface area contributed by atoms with E-state index in [-0.39, 0.29) is 18.5 Å². The highest BCUT2D eigenvalue weighted by Crippen LogP contribution is 2.20. The van der Waals surface area contributed by atoms with Crippen LogP contribution in [0.1, 0.15) is 11.3 Å². The van der Waals surface area contributed by atoms with Crippen molar-refractivity contribution in [1.82, 2.24) is 4.98 Å². The standard InChI is InChI=1S/C14H13N3O5S/c1-22-13(19)7-10-8-23-14(15-10)16-12(18)6-9-4-2-3-5-11(9)17(20)21/h2-5,8H,6-7H2,1H3,(H,15,16,18). The van der Waals surface area contributed by atoms with Crippen molar-refractivity contribution in [3.8, 4) is 0 Å². The van der Waals surface area contributed by atoms with Gasteiger partial charge < -0.3 is 10.1 Å². The van der Waals surface area contributed by atoms with Crippen LogP contribution in [0.3, 0.4) is 0 Å². The maximum Gasteiger partial charge on any atom is 0.311 e. The summed E-state index contributed by atoms with van der Waals surface area (Å²) in [6.45, 7) is 0. The van der Waals surface area contributed by atoms with Crippen molar-refractivity contribution in [3.05, 3.63) is 51.0 Å². The Morgan fingerprint density at radius 2 is 2.09 bits per heavy atom. The van der Waals surface area contributed by atoms with Gasteiger partial charge in [0, 0.05) is 17.0 Å². The van der Waals surface area contributed by atoms with E-state index in [1.54, 1.807) is 17.5 Å². The van der Waals surface area contributed by atoms with Crippen LogP contribution >= 0.6 is 11.3 Å². The second kappa shape index (κ2) is 7.45. The lowest BCUT2D eigenvalue weighted by atomic mass is 10.1. The number of anilines is 1. The van der Waals surface area contributed by atoms with Crippen LogP contribution in [0.15, 0.2) is 29.6 Å². The van der Waals surface area contributed by atoms with Gasteiger partial charge in [0.15, 0.2) is 5.13 Å². The summed E-state index contributed by atoms with van der Waals surface area (Å²) >= 11 is 1.17. The predicted molar refractivity (Wildman–Crippen MR) is 83.3 cm³/mol. The second-order valence-corrected chi connectivity index (χ2v) is 5.37. The van der Waals surface area contributed by atoms with E-state index >= 15 is 0 Å². The van der Waals surface area contributed by atoms with E-state index in [1.807, 2.05) is 0 Å². The largest absolute Gasteiger partial charge is 0.469 e. The van der Waals surface area contributed by atoms with Crippen LogP contribution in [0.25, 0.3) is 0 Å². The SMILES string of the molecule is COC(=O)Cc1csc(NC(=O)Cc2ccccc2[N+](=O)[O-])n1. The number of amides is 1. The zero-order valence-electron chi connectivity index (χ0n) is 12.1. The number of aromatic nitrogens is 1. The van der Waals surface area contributed by atoms with Gasteiger partial charge in [-0.2, -0.15) is 0 Å². The molecule has 0 fully saturated rings. The predicted octanol–water partition coefficient (Wildman–Crippen LogP) is 1.95. The van der Waals surface area contributed by atoms with E-state index in [1.165, 1.54) is 30.6 Å². The van der Waals surface area contributed by atoms with Crippen LogP contribution in [0.2, 0.25) is 0 Å². The first-order valence-electron chi connectivity index (χ1n) is 6.53. The number of nitro groups is 1. The zero-order valence-corrected chi connectivity index (χ0v) is 13.0. The molecule has 9 heteroatoms. The second-order valence-electron chi connectivity index (χ2n) is 4.51. The molecule has 0 saturated carbocycles. The first-order valence-corrected chi connectivity index (χ1v) is 7.41. The van der Waals surface area contributed by atoms with Gasteiger partial charge in [-0.25, -0.2) is 4.98 Å². The van der Waals surface area contributed by atoms with Crippen LogP contribution in [-0.2, 0) is 27.2 Å². The van der Waals surface area contributed by atoms with Gasteiger partial charge in [0.25, 0.3) is 5.69 Å². The van der Waals surface area contributed by atoms with Crippen molar-refractivity contribution >= 4 is 34.0 Å². The van der Waals surface area contributed by atoms with Gasteiger partial charge in [0.2, 0.25) is 5.91 Å². The smallest absolute Gasteiger partial charge is 0.311 e. The number of thiazole rings is 1. The molecular formula is C14H13N3O5S. The molecule has 8 nitrogen and oxygen atoms in total. The molecule has 1 heterocycles. The van der Waals surface area contributed by atoms with E-state index in [9.17, 15) is 19.7 Å². The molecule has 0 spiro atoms. The van der Waals surface area contributed by atoms with Crippen LogP contribution < -0.4 is 5.32 Å². The molecule has 2 aromatic rings. The average molecular weight is 335 g/mol. The van der Waals surface area contributed by atoms with Crippen molar-refractivity contribution in [2.75, 3.05) is 12.4 Å². The fourth-order valence-electron chi connectivity index (χ4n) is 1.84. The number of carbonyl (C=O) groups is 2. The van der Waals surface area contributed by atoms with Gasteiger partial charge in [-0.3, -0.25) is 19.7 Å². The highest BCUT2D eigenvalue weighted by Gasteiger charge is 2.16. The topological polar surface area (TPSA) is 111 Å². The van der Waals surface area contributed by atoms with Gasteiger partial charge >= 0.3 is 5.97 Å². The van der Waals surface area contributed by atoms with Crippen LogP contribution in [-0.4, -0.2) is 28.9 Å². The molecule has 0 saturated heterocycles. The molecule has 0 radical (unpaired) electrons. The van der Waals surface area contributed by atoms with E-state index in [4.69, 9.17) is 0 Å². The third-order valence-electron chi connectivity index (χ3n) is 2.89. The number of hydrogen-bond donors (Lipinski definition) is 1. The lowest BCUT2D eigenvalue weighted by Gasteiger charge is -2.03. The molecule has 1 amide bonds. The Labute approximate surface area is 135 Å². The minimum Gasteiger partial charge on any atom is -0.469 e. The maximum absolute atomic E-state index is 12.0. The Hall–Kier alpha value is -2.81. The van der Waals surface area contributed by atoms with Crippen molar-refractivity contribution in [2.24, 2.45) is 0 Å². The molecule has 0 bridgehead atoms. The molecule has 1 aromatic carbocycles. The summed E-state index contributed by atoms with van der Waals surface area (Å²) in [5, 5.41) is 15.4. The van der Waals surface area contributed by atoms with Crippen LogP contribution in [0.4, 0.5) is 10.8 Å². The minimum atomic E-state index is -0.527. The van der Waals surface area contributed by atoms with Gasteiger partial charge in [-0.15, -0.1) is 11.3 Å². The first kappa shape index (κ1) is 16.6. The lowest BCUT2D eigenvalue weighted by molar-refractivity contribution is -0.385. The summed E-state index contributed by atoms with van der Waals surface area (Å²) in [7, 11) is 1.28. The summed E-state index contributed by atoms with van der Waals surface area (Å²) < 4.78 is 4.53. The number of nitrogens with one attached hydrogen (secondary N) is 1.